The SMILES string of the molecule is NCC1(C(=O)N2CC=CCC2)CCOCC1. The Morgan fingerprint density at radius 3 is 2.69 bits per heavy atom. The maximum absolute atomic E-state index is 12.5. The zero-order valence-electron chi connectivity index (χ0n) is 9.65. The lowest BCUT2D eigenvalue weighted by molar-refractivity contribution is -0.146. The molecule has 1 amide bonds. The molecular formula is C12H20N2O2. The molecule has 2 heterocycles. The van der Waals surface area contributed by atoms with Crippen LogP contribution in [0, 0.1) is 5.41 Å². The van der Waals surface area contributed by atoms with Crippen molar-refractivity contribution in [1.82, 2.24) is 4.90 Å². The zero-order chi connectivity index (χ0) is 11.4. The summed E-state index contributed by atoms with van der Waals surface area (Å²) >= 11 is 0. The smallest absolute Gasteiger partial charge is 0.230 e. The molecule has 2 aliphatic heterocycles. The first-order chi connectivity index (χ1) is 7.78. The lowest BCUT2D eigenvalue weighted by Crippen LogP contribution is -2.51. The molecule has 0 saturated carbocycles. The van der Waals surface area contributed by atoms with Crippen molar-refractivity contribution in [2.75, 3.05) is 32.8 Å². The second kappa shape index (κ2) is 4.97. The van der Waals surface area contributed by atoms with Crippen molar-refractivity contribution in [3.05, 3.63) is 12.2 Å². The summed E-state index contributed by atoms with van der Waals surface area (Å²) in [5, 5.41) is 0. The predicted octanol–water partition coefficient (Wildman–Crippen LogP) is 0.530. The van der Waals surface area contributed by atoms with Crippen LogP contribution in [0.4, 0.5) is 0 Å². The van der Waals surface area contributed by atoms with E-state index >= 15 is 0 Å². The molecule has 0 aromatic rings. The van der Waals surface area contributed by atoms with Crippen LogP contribution in [0.2, 0.25) is 0 Å². The van der Waals surface area contributed by atoms with E-state index in [4.69, 9.17) is 10.5 Å². The minimum absolute atomic E-state index is 0.225. The summed E-state index contributed by atoms with van der Waals surface area (Å²) in [7, 11) is 0. The highest BCUT2D eigenvalue weighted by Crippen LogP contribution is 2.32. The molecule has 16 heavy (non-hydrogen) atoms. The van der Waals surface area contributed by atoms with E-state index in [1.807, 2.05) is 4.90 Å². The normalized spacial score (nSPS) is 24.4. The standard InChI is InChI=1S/C12H20N2O2/c13-10-12(4-8-16-9-5-12)11(15)14-6-2-1-3-7-14/h1-2H,3-10,13H2. The summed E-state index contributed by atoms with van der Waals surface area (Å²) in [5.41, 5.74) is 5.47. The van der Waals surface area contributed by atoms with Crippen LogP contribution in [-0.2, 0) is 9.53 Å². The van der Waals surface area contributed by atoms with Crippen molar-refractivity contribution >= 4 is 5.91 Å². The van der Waals surface area contributed by atoms with Gasteiger partial charge in [-0.25, -0.2) is 0 Å². The third-order valence-electron chi connectivity index (χ3n) is 3.64. The van der Waals surface area contributed by atoms with Crippen LogP contribution in [0.15, 0.2) is 12.2 Å². The molecule has 2 rings (SSSR count). The molecule has 1 fully saturated rings. The molecule has 0 unspecified atom stereocenters. The van der Waals surface area contributed by atoms with Crippen LogP contribution in [0.25, 0.3) is 0 Å². The molecule has 4 nitrogen and oxygen atoms in total. The van der Waals surface area contributed by atoms with E-state index in [0.29, 0.717) is 19.8 Å². The van der Waals surface area contributed by atoms with Gasteiger partial charge in [-0.1, -0.05) is 12.2 Å². The third kappa shape index (κ3) is 2.13. The Morgan fingerprint density at radius 1 is 1.38 bits per heavy atom. The van der Waals surface area contributed by atoms with Gasteiger partial charge in [0.25, 0.3) is 0 Å². The van der Waals surface area contributed by atoms with Crippen molar-refractivity contribution in [3.63, 3.8) is 0 Å². The van der Waals surface area contributed by atoms with Gasteiger partial charge in [0.1, 0.15) is 0 Å². The van der Waals surface area contributed by atoms with E-state index in [9.17, 15) is 4.79 Å². The van der Waals surface area contributed by atoms with Crippen molar-refractivity contribution in [2.24, 2.45) is 11.1 Å². The molecular weight excluding hydrogens is 204 g/mol. The van der Waals surface area contributed by atoms with Gasteiger partial charge in [-0.2, -0.15) is 0 Å². The third-order valence-corrected chi connectivity index (χ3v) is 3.64. The van der Waals surface area contributed by atoms with E-state index in [2.05, 4.69) is 12.2 Å². The summed E-state index contributed by atoms with van der Waals surface area (Å²) in [4.78, 5) is 14.4. The zero-order valence-corrected chi connectivity index (χ0v) is 9.65. The van der Waals surface area contributed by atoms with Gasteiger partial charge in [0, 0.05) is 32.8 Å². The van der Waals surface area contributed by atoms with Gasteiger partial charge < -0.3 is 15.4 Å². The van der Waals surface area contributed by atoms with E-state index < -0.39 is 0 Å². The van der Waals surface area contributed by atoms with Gasteiger partial charge in [0.15, 0.2) is 0 Å². The monoisotopic (exact) mass is 224 g/mol. The van der Waals surface area contributed by atoms with Gasteiger partial charge in [-0.3, -0.25) is 4.79 Å². The lowest BCUT2D eigenvalue weighted by Gasteiger charge is -2.39. The van der Waals surface area contributed by atoms with E-state index in [1.165, 1.54) is 0 Å². The number of carbonyl (C=O) groups is 1. The Labute approximate surface area is 96.4 Å². The van der Waals surface area contributed by atoms with Crippen LogP contribution >= 0.6 is 0 Å². The second-order valence-corrected chi connectivity index (χ2v) is 4.61. The van der Waals surface area contributed by atoms with Crippen molar-refractivity contribution < 1.29 is 9.53 Å². The largest absolute Gasteiger partial charge is 0.381 e. The van der Waals surface area contributed by atoms with Gasteiger partial charge in [-0.15, -0.1) is 0 Å². The Hall–Kier alpha value is -0.870. The first kappa shape index (κ1) is 11.6. The summed E-state index contributed by atoms with van der Waals surface area (Å²) < 4.78 is 5.32. The Kier molecular flexibility index (Phi) is 3.61. The molecule has 2 N–H and O–H groups in total. The molecule has 0 atom stereocenters. The lowest BCUT2D eigenvalue weighted by atomic mass is 9.78. The molecule has 0 aliphatic carbocycles. The summed E-state index contributed by atoms with van der Waals surface area (Å²) in [6.45, 7) is 3.33. The average molecular weight is 224 g/mol. The molecule has 4 heteroatoms. The molecule has 0 radical (unpaired) electrons. The van der Waals surface area contributed by atoms with Crippen molar-refractivity contribution in [3.8, 4) is 0 Å². The van der Waals surface area contributed by atoms with E-state index in [1.54, 1.807) is 0 Å². The van der Waals surface area contributed by atoms with Crippen molar-refractivity contribution in [2.45, 2.75) is 19.3 Å². The van der Waals surface area contributed by atoms with Gasteiger partial charge >= 0.3 is 0 Å². The quantitative estimate of drug-likeness (QED) is 0.696. The minimum Gasteiger partial charge on any atom is -0.381 e. The van der Waals surface area contributed by atoms with Crippen LogP contribution < -0.4 is 5.73 Å². The highest BCUT2D eigenvalue weighted by molar-refractivity contribution is 5.83. The maximum Gasteiger partial charge on any atom is 0.230 e. The van der Waals surface area contributed by atoms with Crippen LogP contribution in [0.5, 0.6) is 0 Å². The number of nitrogens with two attached hydrogens (primary N) is 1. The van der Waals surface area contributed by atoms with E-state index in [-0.39, 0.29) is 11.3 Å². The highest BCUT2D eigenvalue weighted by Gasteiger charge is 2.41. The fourth-order valence-electron chi connectivity index (χ4n) is 2.43. The highest BCUT2D eigenvalue weighted by atomic mass is 16.5. The van der Waals surface area contributed by atoms with Gasteiger partial charge in [0.2, 0.25) is 5.91 Å². The van der Waals surface area contributed by atoms with Gasteiger partial charge in [-0.05, 0) is 19.3 Å². The molecule has 2 aliphatic rings. The molecule has 1 saturated heterocycles. The first-order valence-electron chi connectivity index (χ1n) is 6.01. The summed E-state index contributed by atoms with van der Waals surface area (Å²) in [6, 6.07) is 0. The summed E-state index contributed by atoms with van der Waals surface area (Å²) in [6.07, 6.45) is 6.68. The Balaban J connectivity index is 2.07. The molecule has 0 aromatic heterocycles. The predicted molar refractivity (Wildman–Crippen MR) is 61.9 cm³/mol. The maximum atomic E-state index is 12.5. The number of rotatable bonds is 2. The summed E-state index contributed by atoms with van der Waals surface area (Å²) in [5.74, 6) is 0.225. The minimum atomic E-state index is -0.358. The van der Waals surface area contributed by atoms with Crippen molar-refractivity contribution in [1.29, 1.82) is 0 Å². The number of amides is 1. The second-order valence-electron chi connectivity index (χ2n) is 4.61. The molecule has 90 valence electrons. The number of nitrogens with zero attached hydrogens (tertiary/aromatic N) is 1. The fraction of sp³-hybridized carbons (Fsp3) is 0.750. The first-order valence-corrected chi connectivity index (χ1v) is 6.01. The topological polar surface area (TPSA) is 55.6 Å². The Morgan fingerprint density at radius 2 is 2.12 bits per heavy atom. The number of hydrogen-bond donors (Lipinski definition) is 1. The fourth-order valence-corrected chi connectivity index (χ4v) is 2.43. The average Bonchev–Trinajstić information content (AvgIpc) is 2.39. The number of ether oxygens (including phenoxy) is 1. The van der Waals surface area contributed by atoms with Crippen LogP contribution in [0.1, 0.15) is 19.3 Å². The van der Waals surface area contributed by atoms with Crippen LogP contribution in [-0.4, -0.2) is 43.7 Å². The Bertz CT molecular complexity index is 283. The number of hydrogen-bond acceptors (Lipinski definition) is 3. The van der Waals surface area contributed by atoms with Crippen LogP contribution in [0.3, 0.4) is 0 Å². The molecule has 0 aromatic carbocycles. The molecule has 0 bridgehead atoms. The van der Waals surface area contributed by atoms with Gasteiger partial charge in [0.05, 0.1) is 5.41 Å². The van der Waals surface area contributed by atoms with E-state index in [0.717, 1.165) is 32.4 Å². The number of carbonyl (C=O) groups excluding carboxylic acids is 1. The molecule has 0 spiro atoms.